The molecule has 21 heavy (non-hydrogen) atoms. The van der Waals surface area contributed by atoms with E-state index >= 15 is 0 Å². The van der Waals surface area contributed by atoms with E-state index in [4.69, 9.17) is 4.74 Å². The van der Waals surface area contributed by atoms with Gasteiger partial charge in [0, 0.05) is 31.5 Å². The van der Waals surface area contributed by atoms with E-state index in [2.05, 4.69) is 5.32 Å². The van der Waals surface area contributed by atoms with Gasteiger partial charge in [0.25, 0.3) is 0 Å². The molecule has 0 fully saturated rings. The smallest absolute Gasteiger partial charge is 0.316 e. The molecule has 2 aromatic rings. The number of methoxy groups -OCH3 is 1. The van der Waals surface area contributed by atoms with Gasteiger partial charge >= 0.3 is 11.1 Å². The second-order valence-corrected chi connectivity index (χ2v) is 4.82. The molecule has 1 heterocycles. The van der Waals surface area contributed by atoms with Gasteiger partial charge in [0.2, 0.25) is 0 Å². The highest BCUT2D eigenvalue weighted by atomic mass is 16.5. The fourth-order valence-corrected chi connectivity index (χ4v) is 2.17. The lowest BCUT2D eigenvalue weighted by atomic mass is 10.1. The summed E-state index contributed by atoms with van der Waals surface area (Å²) in [5, 5.41) is 3.08. The van der Waals surface area contributed by atoms with Gasteiger partial charge in [-0.2, -0.15) is 0 Å². The summed E-state index contributed by atoms with van der Waals surface area (Å²) in [6, 6.07) is 5.80. The predicted octanol–water partition coefficient (Wildman–Crippen LogP) is 0.323. The molecule has 1 N–H and O–H groups in total. The van der Waals surface area contributed by atoms with Gasteiger partial charge in [0.05, 0.1) is 13.7 Å². The summed E-state index contributed by atoms with van der Waals surface area (Å²) >= 11 is 0. The van der Waals surface area contributed by atoms with Gasteiger partial charge in [0.15, 0.2) is 0 Å². The summed E-state index contributed by atoms with van der Waals surface area (Å²) in [4.78, 5) is 23.7. The van der Waals surface area contributed by atoms with Crippen molar-refractivity contribution in [2.24, 2.45) is 7.05 Å². The van der Waals surface area contributed by atoms with Gasteiger partial charge in [-0.1, -0.05) is 6.07 Å². The van der Waals surface area contributed by atoms with Crippen LogP contribution in [0.15, 0.2) is 40.2 Å². The molecule has 0 amide bonds. The van der Waals surface area contributed by atoms with E-state index in [0.717, 1.165) is 17.7 Å². The zero-order valence-corrected chi connectivity index (χ0v) is 12.4. The third-order valence-corrected chi connectivity index (χ3v) is 3.30. The summed E-state index contributed by atoms with van der Waals surface area (Å²) in [5.74, 6) is 0.697. The fourth-order valence-electron chi connectivity index (χ4n) is 2.17. The van der Waals surface area contributed by atoms with E-state index in [1.54, 1.807) is 26.6 Å². The van der Waals surface area contributed by atoms with Crippen molar-refractivity contribution in [1.82, 2.24) is 14.5 Å². The number of aryl methyl sites for hydroxylation is 1. The Hall–Kier alpha value is -2.34. The van der Waals surface area contributed by atoms with Crippen LogP contribution in [0.4, 0.5) is 0 Å². The molecular weight excluding hydrogens is 270 g/mol. The van der Waals surface area contributed by atoms with Crippen LogP contribution in [-0.4, -0.2) is 23.3 Å². The molecule has 0 unspecified atom stereocenters. The molecule has 1 aromatic carbocycles. The van der Waals surface area contributed by atoms with Crippen molar-refractivity contribution in [1.29, 1.82) is 0 Å². The molecule has 2 rings (SSSR count). The molecule has 0 aliphatic heterocycles. The third kappa shape index (κ3) is 3.22. The number of hydrogen-bond acceptors (Lipinski definition) is 4. The summed E-state index contributed by atoms with van der Waals surface area (Å²) in [6.07, 6.45) is 3.18. The monoisotopic (exact) mass is 289 g/mol. The lowest BCUT2D eigenvalue weighted by Crippen LogP contribution is -2.39. The quantitative estimate of drug-likeness (QED) is 0.805. The first-order valence-corrected chi connectivity index (χ1v) is 6.63. The van der Waals surface area contributed by atoms with Crippen molar-refractivity contribution in [2.75, 3.05) is 14.2 Å². The lowest BCUT2D eigenvalue weighted by Gasteiger charge is -2.12. The van der Waals surface area contributed by atoms with Crippen molar-refractivity contribution in [2.45, 2.75) is 13.1 Å². The highest BCUT2D eigenvalue weighted by molar-refractivity contribution is 5.37. The number of hydrogen-bond donors (Lipinski definition) is 1. The van der Waals surface area contributed by atoms with Gasteiger partial charge in [-0.25, -0.2) is 0 Å². The van der Waals surface area contributed by atoms with Crippen LogP contribution in [0.3, 0.4) is 0 Å². The Balaban J connectivity index is 2.43. The second-order valence-electron chi connectivity index (χ2n) is 4.82. The number of ether oxygens (including phenoxy) is 1. The first-order chi connectivity index (χ1) is 10.1. The highest BCUT2D eigenvalue weighted by Crippen LogP contribution is 2.20. The summed E-state index contributed by atoms with van der Waals surface area (Å²) in [5.41, 5.74) is 0.870. The second kappa shape index (κ2) is 6.41. The first kappa shape index (κ1) is 15.1. The van der Waals surface area contributed by atoms with E-state index in [0.29, 0.717) is 12.3 Å². The lowest BCUT2D eigenvalue weighted by molar-refractivity contribution is 0.407. The minimum Gasteiger partial charge on any atom is -0.496 e. The normalized spacial score (nSPS) is 10.6. The van der Waals surface area contributed by atoms with E-state index in [1.807, 2.05) is 25.2 Å². The molecule has 0 saturated heterocycles. The van der Waals surface area contributed by atoms with Crippen LogP contribution in [0, 0.1) is 0 Å². The number of benzene rings is 1. The zero-order valence-electron chi connectivity index (χ0n) is 12.4. The third-order valence-electron chi connectivity index (χ3n) is 3.30. The number of nitrogens with zero attached hydrogens (tertiary/aromatic N) is 2. The maximum absolute atomic E-state index is 12.0. The van der Waals surface area contributed by atoms with Gasteiger partial charge < -0.3 is 19.2 Å². The Morgan fingerprint density at radius 2 is 1.95 bits per heavy atom. The number of aromatic nitrogens is 2. The Kier molecular flexibility index (Phi) is 4.59. The topological polar surface area (TPSA) is 65.3 Å². The minimum absolute atomic E-state index is 0.301. The molecule has 0 spiro atoms. The molecular formula is C15H19N3O3. The molecule has 6 nitrogen and oxygen atoms in total. The van der Waals surface area contributed by atoms with E-state index in [-0.39, 0.29) is 0 Å². The Morgan fingerprint density at radius 3 is 2.62 bits per heavy atom. The van der Waals surface area contributed by atoms with E-state index in [9.17, 15) is 9.59 Å². The summed E-state index contributed by atoms with van der Waals surface area (Å²) in [6.45, 7) is 1.03. The Labute approximate surface area is 122 Å². The van der Waals surface area contributed by atoms with Gasteiger partial charge in [-0.15, -0.1) is 0 Å². The average molecular weight is 289 g/mol. The van der Waals surface area contributed by atoms with Gasteiger partial charge in [-0.3, -0.25) is 9.59 Å². The van der Waals surface area contributed by atoms with Crippen molar-refractivity contribution in [3.63, 3.8) is 0 Å². The minimum atomic E-state index is -0.541. The van der Waals surface area contributed by atoms with Crippen molar-refractivity contribution >= 4 is 0 Å². The van der Waals surface area contributed by atoms with Gasteiger partial charge in [0.1, 0.15) is 5.75 Å². The molecule has 0 aliphatic carbocycles. The number of nitrogens with one attached hydrogen (secondary N) is 1. The van der Waals surface area contributed by atoms with Crippen LogP contribution in [-0.2, 0) is 20.1 Å². The van der Waals surface area contributed by atoms with Crippen LogP contribution in [0.25, 0.3) is 0 Å². The average Bonchev–Trinajstić information content (AvgIpc) is 2.48. The van der Waals surface area contributed by atoms with Crippen molar-refractivity contribution in [3.8, 4) is 5.75 Å². The van der Waals surface area contributed by atoms with E-state index < -0.39 is 11.1 Å². The molecule has 1 aromatic heterocycles. The molecule has 6 heteroatoms. The molecule has 0 atom stereocenters. The first-order valence-electron chi connectivity index (χ1n) is 6.63. The summed E-state index contributed by atoms with van der Waals surface area (Å²) in [7, 11) is 5.01. The summed E-state index contributed by atoms with van der Waals surface area (Å²) < 4.78 is 7.99. The SMILES string of the molecule is CNCc1ccc(OC)c(Cn2ccn(C)c(=O)c2=O)c1. The predicted molar refractivity (Wildman–Crippen MR) is 80.8 cm³/mol. The van der Waals surface area contributed by atoms with Crippen LogP contribution >= 0.6 is 0 Å². The van der Waals surface area contributed by atoms with Crippen molar-refractivity contribution in [3.05, 3.63) is 62.4 Å². The van der Waals surface area contributed by atoms with Crippen LogP contribution in [0.5, 0.6) is 5.75 Å². The molecule has 0 aliphatic rings. The molecule has 0 saturated carbocycles. The van der Waals surface area contributed by atoms with Gasteiger partial charge in [-0.05, 0) is 24.7 Å². The zero-order chi connectivity index (χ0) is 15.4. The number of rotatable bonds is 5. The van der Waals surface area contributed by atoms with Crippen LogP contribution < -0.4 is 21.2 Å². The van der Waals surface area contributed by atoms with Crippen molar-refractivity contribution < 1.29 is 4.74 Å². The fraction of sp³-hybridized carbons (Fsp3) is 0.333. The maximum Gasteiger partial charge on any atom is 0.316 e. The molecule has 0 radical (unpaired) electrons. The molecule has 112 valence electrons. The standard InChI is InChI=1S/C15H19N3O3/c1-16-9-11-4-5-13(21-3)12(8-11)10-18-7-6-17(2)14(19)15(18)20/h4-8,16H,9-10H2,1-3H3. The van der Waals surface area contributed by atoms with Crippen LogP contribution in [0.2, 0.25) is 0 Å². The highest BCUT2D eigenvalue weighted by Gasteiger charge is 2.08. The molecule has 0 bridgehead atoms. The Bertz CT molecular complexity index is 747. The van der Waals surface area contributed by atoms with Crippen LogP contribution in [0.1, 0.15) is 11.1 Å². The maximum atomic E-state index is 12.0. The Morgan fingerprint density at radius 1 is 1.19 bits per heavy atom. The largest absolute Gasteiger partial charge is 0.496 e. The van der Waals surface area contributed by atoms with E-state index in [1.165, 1.54) is 9.13 Å².